The first-order chi connectivity index (χ1) is 4.43. The minimum Gasteiger partial charge on any atom is -0.254 e. The maximum Gasteiger partial charge on any atom is 0.0935 e. The molecule has 9 heavy (non-hydrogen) atoms. The van der Waals surface area contributed by atoms with Gasteiger partial charge in [-0.1, -0.05) is 6.07 Å². The largest absolute Gasteiger partial charge is 0.254 e. The normalized spacial score (nSPS) is 9.44. The summed E-state index contributed by atoms with van der Waals surface area (Å²) < 4.78 is 11.6. The Kier molecular flexibility index (Phi) is 2.19. The van der Waals surface area contributed by atoms with Crippen LogP contribution in [0, 0.1) is 6.20 Å². The molecule has 1 radical (unpaired) electrons. The van der Waals surface area contributed by atoms with E-state index in [9.17, 15) is 4.39 Å². The average molecular weight is 124 g/mol. The molecular weight excluding hydrogens is 117 g/mol. The quantitative estimate of drug-likeness (QED) is 0.580. The van der Waals surface area contributed by atoms with Gasteiger partial charge in [0.25, 0.3) is 0 Å². The predicted molar refractivity (Wildman–Crippen MR) is 32.8 cm³/mol. The van der Waals surface area contributed by atoms with Gasteiger partial charge in [-0.2, -0.15) is 0 Å². The molecule has 0 aliphatic heterocycles. The maximum absolute atomic E-state index is 11.6. The van der Waals surface area contributed by atoms with Crippen LogP contribution in [0.5, 0.6) is 0 Å². The van der Waals surface area contributed by atoms with E-state index in [0.717, 1.165) is 5.56 Å². The number of aromatic nitrogens is 1. The highest BCUT2D eigenvalue weighted by Crippen LogP contribution is 1.95. The molecular formula is C7H7FN. The van der Waals surface area contributed by atoms with Gasteiger partial charge in [-0.25, -0.2) is 0 Å². The summed E-state index contributed by atoms with van der Waals surface area (Å²) in [7, 11) is 0. The molecule has 1 heterocycles. The average Bonchev–Trinajstić information content (AvgIpc) is 1.91. The first-order valence-corrected chi connectivity index (χ1v) is 2.80. The molecule has 0 N–H and O–H groups in total. The van der Waals surface area contributed by atoms with E-state index in [1.165, 1.54) is 0 Å². The Morgan fingerprint density at radius 2 is 2.56 bits per heavy atom. The molecule has 1 rings (SSSR count). The molecule has 0 atom stereocenters. The van der Waals surface area contributed by atoms with Crippen LogP contribution in [0.3, 0.4) is 0 Å². The number of pyridine rings is 1. The summed E-state index contributed by atoms with van der Waals surface area (Å²) in [5, 5.41) is 0. The summed E-state index contributed by atoms with van der Waals surface area (Å²) in [5.41, 5.74) is 0.927. The molecule has 0 aliphatic carbocycles. The molecule has 0 aromatic carbocycles. The summed E-state index contributed by atoms with van der Waals surface area (Å²) in [6.45, 7) is -0.314. The fourth-order valence-corrected chi connectivity index (χ4v) is 0.608. The van der Waals surface area contributed by atoms with Gasteiger partial charge in [0.15, 0.2) is 0 Å². The summed E-state index contributed by atoms with van der Waals surface area (Å²) in [5.74, 6) is 0. The number of rotatable bonds is 2. The molecule has 47 valence electrons. The van der Waals surface area contributed by atoms with Crippen molar-refractivity contribution in [2.45, 2.75) is 6.42 Å². The second-order valence-electron chi connectivity index (χ2n) is 1.73. The molecule has 0 aliphatic rings. The highest BCUT2D eigenvalue weighted by molar-refractivity contribution is 5.07. The predicted octanol–water partition coefficient (Wildman–Crippen LogP) is 1.39. The summed E-state index contributed by atoms with van der Waals surface area (Å²) in [6.07, 6.45) is 4.70. The number of hydrogen-bond acceptors (Lipinski definition) is 1. The van der Waals surface area contributed by atoms with Crippen LogP contribution in [-0.4, -0.2) is 11.7 Å². The van der Waals surface area contributed by atoms with Gasteiger partial charge in [-0.15, -0.1) is 0 Å². The molecule has 0 spiro atoms. The van der Waals surface area contributed by atoms with Crippen LogP contribution in [0.25, 0.3) is 0 Å². The second kappa shape index (κ2) is 3.17. The Hall–Kier alpha value is -0.920. The molecule has 0 bridgehead atoms. The zero-order valence-electron chi connectivity index (χ0n) is 4.97. The van der Waals surface area contributed by atoms with Gasteiger partial charge >= 0.3 is 0 Å². The molecule has 0 saturated heterocycles. The summed E-state index contributed by atoms with van der Waals surface area (Å²) >= 11 is 0. The van der Waals surface area contributed by atoms with Crippen molar-refractivity contribution in [2.24, 2.45) is 0 Å². The molecule has 0 saturated carbocycles. The molecule has 0 unspecified atom stereocenters. The van der Waals surface area contributed by atoms with Crippen molar-refractivity contribution in [1.29, 1.82) is 0 Å². The first-order valence-electron chi connectivity index (χ1n) is 2.80. The third-order valence-electron chi connectivity index (χ3n) is 1.06. The summed E-state index contributed by atoms with van der Waals surface area (Å²) in [6, 6.07) is 3.50. The van der Waals surface area contributed by atoms with E-state index in [2.05, 4.69) is 11.2 Å². The van der Waals surface area contributed by atoms with Crippen LogP contribution >= 0.6 is 0 Å². The number of aryl methyl sites for hydroxylation is 1. The Bertz CT molecular complexity index is 162. The van der Waals surface area contributed by atoms with Crippen LogP contribution in [0.2, 0.25) is 0 Å². The van der Waals surface area contributed by atoms with Crippen LogP contribution in [0.15, 0.2) is 18.3 Å². The van der Waals surface area contributed by atoms with Crippen molar-refractivity contribution < 1.29 is 4.39 Å². The Labute approximate surface area is 53.5 Å². The highest BCUT2D eigenvalue weighted by Gasteiger charge is 1.87. The molecule has 1 nitrogen and oxygen atoms in total. The molecule has 0 amide bonds. The number of hydrogen-bond donors (Lipinski definition) is 0. The smallest absolute Gasteiger partial charge is 0.0935 e. The van der Waals surface area contributed by atoms with E-state index < -0.39 is 0 Å². The van der Waals surface area contributed by atoms with E-state index in [1.807, 2.05) is 6.07 Å². The Morgan fingerprint density at radius 1 is 1.67 bits per heavy atom. The lowest BCUT2D eigenvalue weighted by molar-refractivity contribution is 0.495. The van der Waals surface area contributed by atoms with Gasteiger partial charge in [0.1, 0.15) is 0 Å². The summed E-state index contributed by atoms with van der Waals surface area (Å²) in [4.78, 5) is 3.71. The zero-order chi connectivity index (χ0) is 6.53. The topological polar surface area (TPSA) is 12.9 Å². The van der Waals surface area contributed by atoms with Crippen LogP contribution in [0.1, 0.15) is 5.56 Å². The molecule has 1 aromatic rings. The van der Waals surface area contributed by atoms with Crippen molar-refractivity contribution >= 4 is 0 Å². The van der Waals surface area contributed by atoms with Gasteiger partial charge in [0.05, 0.1) is 12.9 Å². The maximum atomic E-state index is 11.6. The number of alkyl halides is 1. The van der Waals surface area contributed by atoms with E-state index in [1.54, 1.807) is 12.3 Å². The van der Waals surface area contributed by atoms with Crippen molar-refractivity contribution in [1.82, 2.24) is 4.98 Å². The SMILES string of the molecule is FCCc1cc[c]nc1. The lowest BCUT2D eigenvalue weighted by Gasteiger charge is -1.91. The first kappa shape index (κ1) is 6.20. The zero-order valence-corrected chi connectivity index (χ0v) is 4.97. The Balaban J connectivity index is 2.61. The van der Waals surface area contributed by atoms with Gasteiger partial charge < -0.3 is 0 Å². The van der Waals surface area contributed by atoms with Crippen LogP contribution in [-0.2, 0) is 6.42 Å². The lowest BCUT2D eigenvalue weighted by Crippen LogP contribution is -1.85. The van der Waals surface area contributed by atoms with Gasteiger partial charge in [-0.3, -0.25) is 9.37 Å². The van der Waals surface area contributed by atoms with Gasteiger partial charge in [-0.05, 0) is 11.6 Å². The van der Waals surface area contributed by atoms with Crippen LogP contribution in [0.4, 0.5) is 4.39 Å². The fraction of sp³-hybridized carbons (Fsp3) is 0.286. The molecule has 0 fully saturated rings. The monoisotopic (exact) mass is 124 g/mol. The third-order valence-corrected chi connectivity index (χ3v) is 1.06. The van der Waals surface area contributed by atoms with E-state index in [-0.39, 0.29) is 6.67 Å². The fourth-order valence-electron chi connectivity index (χ4n) is 0.608. The van der Waals surface area contributed by atoms with Crippen molar-refractivity contribution in [3.8, 4) is 0 Å². The second-order valence-corrected chi connectivity index (χ2v) is 1.73. The number of halogens is 1. The molecule has 2 heteroatoms. The standard InChI is InChI=1S/C7H7FN/c8-4-3-7-2-1-5-9-6-7/h1-2,6H,3-4H2. The van der Waals surface area contributed by atoms with Crippen LogP contribution < -0.4 is 0 Å². The number of nitrogens with zero attached hydrogens (tertiary/aromatic N) is 1. The van der Waals surface area contributed by atoms with Gasteiger partial charge in [0.2, 0.25) is 0 Å². The van der Waals surface area contributed by atoms with E-state index in [4.69, 9.17) is 0 Å². The van der Waals surface area contributed by atoms with Gasteiger partial charge in [0, 0.05) is 12.6 Å². The van der Waals surface area contributed by atoms with Crippen molar-refractivity contribution in [3.63, 3.8) is 0 Å². The highest BCUT2D eigenvalue weighted by atomic mass is 19.1. The minimum atomic E-state index is -0.314. The van der Waals surface area contributed by atoms with Crippen molar-refractivity contribution in [2.75, 3.05) is 6.67 Å². The Morgan fingerprint density at radius 3 is 3.11 bits per heavy atom. The third kappa shape index (κ3) is 1.80. The molecule has 1 aromatic heterocycles. The lowest BCUT2D eigenvalue weighted by atomic mass is 10.2. The van der Waals surface area contributed by atoms with Crippen molar-refractivity contribution in [3.05, 3.63) is 30.1 Å². The minimum absolute atomic E-state index is 0.314. The van der Waals surface area contributed by atoms with E-state index in [0.29, 0.717) is 6.42 Å². The van der Waals surface area contributed by atoms with E-state index >= 15 is 0 Å².